The van der Waals surface area contributed by atoms with Gasteiger partial charge in [0.05, 0.1) is 0 Å². The molecule has 0 aliphatic carbocycles. The number of rotatable bonds is 3. The Balaban J connectivity index is 1.64. The first-order valence-corrected chi connectivity index (χ1v) is 8.90. The summed E-state index contributed by atoms with van der Waals surface area (Å²) in [5.41, 5.74) is 6.44. The van der Waals surface area contributed by atoms with Crippen LogP contribution in [0.25, 0.3) is 33.0 Å². The van der Waals surface area contributed by atoms with Gasteiger partial charge in [0.15, 0.2) is 0 Å². The van der Waals surface area contributed by atoms with Crippen molar-refractivity contribution in [2.45, 2.75) is 19.8 Å². The highest BCUT2D eigenvalue weighted by atomic mass is 14.1. The third kappa shape index (κ3) is 3.21. The van der Waals surface area contributed by atoms with Crippen LogP contribution < -0.4 is 0 Å². The zero-order valence-corrected chi connectivity index (χ0v) is 14.7. The predicted octanol–water partition coefficient (Wildman–Crippen LogP) is 7.30. The van der Waals surface area contributed by atoms with Crippen molar-refractivity contribution in [2.24, 2.45) is 0 Å². The molecule has 25 heavy (non-hydrogen) atoms. The van der Waals surface area contributed by atoms with E-state index in [4.69, 9.17) is 0 Å². The van der Waals surface area contributed by atoms with Crippen molar-refractivity contribution in [3.8, 4) is 22.3 Å². The van der Waals surface area contributed by atoms with E-state index in [1.54, 1.807) is 0 Å². The Morgan fingerprint density at radius 1 is 0.480 bits per heavy atom. The Kier molecular flexibility index (Phi) is 4.11. The van der Waals surface area contributed by atoms with Crippen LogP contribution in [0.1, 0.15) is 25.3 Å². The average Bonchev–Trinajstić information content (AvgIpc) is 2.68. The summed E-state index contributed by atoms with van der Waals surface area (Å²) in [6, 6.07) is 33.0. The third-order valence-electron chi connectivity index (χ3n) is 4.88. The molecule has 0 heterocycles. The summed E-state index contributed by atoms with van der Waals surface area (Å²) in [4.78, 5) is 0. The van der Waals surface area contributed by atoms with E-state index >= 15 is 0 Å². The molecular formula is C25H22. The summed E-state index contributed by atoms with van der Waals surface area (Å²) in [6.45, 7) is 4.46. The van der Waals surface area contributed by atoms with Gasteiger partial charge >= 0.3 is 0 Å². The highest BCUT2D eigenvalue weighted by Gasteiger charge is 2.03. The largest absolute Gasteiger partial charge is 0.0616 e. The van der Waals surface area contributed by atoms with Crippen LogP contribution in [0.2, 0.25) is 0 Å². The van der Waals surface area contributed by atoms with Crippen LogP contribution in [0.3, 0.4) is 0 Å². The van der Waals surface area contributed by atoms with Gasteiger partial charge in [0.25, 0.3) is 0 Å². The first-order chi connectivity index (χ1) is 12.2. The monoisotopic (exact) mass is 322 g/mol. The molecule has 0 radical (unpaired) electrons. The van der Waals surface area contributed by atoms with Gasteiger partial charge in [-0.1, -0.05) is 98.8 Å². The lowest BCUT2D eigenvalue weighted by Gasteiger charge is -2.09. The fraction of sp³-hybridized carbons (Fsp3) is 0.120. The van der Waals surface area contributed by atoms with E-state index in [-0.39, 0.29) is 0 Å². The normalized spacial score (nSPS) is 11.2. The van der Waals surface area contributed by atoms with Crippen molar-refractivity contribution in [3.63, 3.8) is 0 Å². The van der Waals surface area contributed by atoms with E-state index in [0.717, 1.165) is 0 Å². The maximum absolute atomic E-state index is 2.27. The maximum atomic E-state index is 2.27. The predicted molar refractivity (Wildman–Crippen MR) is 109 cm³/mol. The van der Waals surface area contributed by atoms with Gasteiger partial charge in [-0.3, -0.25) is 0 Å². The Morgan fingerprint density at radius 3 is 1.56 bits per heavy atom. The van der Waals surface area contributed by atoms with Gasteiger partial charge in [0.1, 0.15) is 0 Å². The molecule has 0 heteroatoms. The Hall–Kier alpha value is -2.86. The van der Waals surface area contributed by atoms with Crippen molar-refractivity contribution in [2.75, 3.05) is 0 Å². The molecule has 0 N–H and O–H groups in total. The second-order valence-electron chi connectivity index (χ2n) is 6.92. The SMILES string of the molecule is CC(C)c1ccc(-c2ccc(-c3ccc4ccccc4c3)cc2)cc1. The highest BCUT2D eigenvalue weighted by molar-refractivity contribution is 5.87. The standard InChI is InChI=1S/C25H22/c1-18(2)19-7-9-21(10-8-19)22-11-13-23(14-12-22)25-16-15-20-5-3-4-6-24(20)17-25/h3-18H,1-2H3. The first kappa shape index (κ1) is 15.7. The minimum Gasteiger partial charge on any atom is -0.0616 e. The molecule has 0 saturated heterocycles. The Morgan fingerprint density at radius 2 is 0.960 bits per heavy atom. The Bertz CT molecular complexity index is 990. The molecule has 4 aromatic carbocycles. The fourth-order valence-electron chi connectivity index (χ4n) is 3.28. The zero-order chi connectivity index (χ0) is 17.2. The van der Waals surface area contributed by atoms with Crippen LogP contribution in [-0.2, 0) is 0 Å². The Labute approximate surface area is 149 Å². The summed E-state index contributed by atoms with van der Waals surface area (Å²) in [6.07, 6.45) is 0. The van der Waals surface area contributed by atoms with Crippen molar-refractivity contribution in [1.29, 1.82) is 0 Å². The summed E-state index contributed by atoms with van der Waals surface area (Å²) in [5.74, 6) is 0.573. The van der Waals surface area contributed by atoms with E-state index in [0.29, 0.717) is 5.92 Å². The lowest BCUT2D eigenvalue weighted by molar-refractivity contribution is 0.867. The van der Waals surface area contributed by atoms with Gasteiger partial charge in [-0.2, -0.15) is 0 Å². The van der Waals surface area contributed by atoms with Crippen LogP contribution in [0.4, 0.5) is 0 Å². The van der Waals surface area contributed by atoms with E-state index < -0.39 is 0 Å². The molecule has 122 valence electrons. The highest BCUT2D eigenvalue weighted by Crippen LogP contribution is 2.28. The lowest BCUT2D eigenvalue weighted by Crippen LogP contribution is -1.87. The topological polar surface area (TPSA) is 0 Å². The van der Waals surface area contributed by atoms with Crippen molar-refractivity contribution in [3.05, 3.63) is 96.6 Å². The quantitative estimate of drug-likeness (QED) is 0.371. The maximum Gasteiger partial charge on any atom is -0.0178 e. The van der Waals surface area contributed by atoms with Crippen LogP contribution in [0.15, 0.2) is 91.0 Å². The molecule has 0 bridgehead atoms. The number of benzene rings is 4. The van der Waals surface area contributed by atoms with Crippen molar-refractivity contribution < 1.29 is 0 Å². The van der Waals surface area contributed by atoms with Gasteiger partial charge in [-0.05, 0) is 50.6 Å². The molecule has 0 aliphatic rings. The van der Waals surface area contributed by atoms with Gasteiger partial charge in [-0.25, -0.2) is 0 Å². The molecule has 4 rings (SSSR count). The summed E-state index contributed by atoms with van der Waals surface area (Å²) >= 11 is 0. The van der Waals surface area contributed by atoms with Gasteiger partial charge in [0, 0.05) is 0 Å². The van der Waals surface area contributed by atoms with Gasteiger partial charge in [-0.15, -0.1) is 0 Å². The molecule has 0 spiro atoms. The summed E-state index contributed by atoms with van der Waals surface area (Å²) in [5, 5.41) is 2.57. The molecule has 0 amide bonds. The van der Waals surface area contributed by atoms with Crippen LogP contribution in [0, 0.1) is 0 Å². The number of fused-ring (bicyclic) bond motifs is 1. The van der Waals surface area contributed by atoms with E-state index in [2.05, 4.69) is 105 Å². The summed E-state index contributed by atoms with van der Waals surface area (Å²) in [7, 11) is 0. The number of hydrogen-bond donors (Lipinski definition) is 0. The third-order valence-corrected chi connectivity index (χ3v) is 4.88. The second-order valence-corrected chi connectivity index (χ2v) is 6.92. The van der Waals surface area contributed by atoms with Crippen LogP contribution in [-0.4, -0.2) is 0 Å². The summed E-state index contributed by atoms with van der Waals surface area (Å²) < 4.78 is 0. The molecular weight excluding hydrogens is 300 g/mol. The van der Waals surface area contributed by atoms with Crippen molar-refractivity contribution in [1.82, 2.24) is 0 Å². The fourth-order valence-corrected chi connectivity index (χ4v) is 3.28. The van der Waals surface area contributed by atoms with Crippen LogP contribution >= 0.6 is 0 Å². The van der Waals surface area contributed by atoms with E-state index in [1.165, 1.54) is 38.6 Å². The molecule has 0 nitrogen and oxygen atoms in total. The molecule has 0 unspecified atom stereocenters. The van der Waals surface area contributed by atoms with E-state index in [9.17, 15) is 0 Å². The smallest absolute Gasteiger partial charge is 0.0178 e. The molecule has 4 aromatic rings. The number of hydrogen-bond acceptors (Lipinski definition) is 0. The second kappa shape index (κ2) is 6.57. The minimum absolute atomic E-state index is 0.573. The molecule has 0 fully saturated rings. The molecule has 0 atom stereocenters. The van der Waals surface area contributed by atoms with Crippen molar-refractivity contribution >= 4 is 10.8 Å². The molecule has 0 saturated carbocycles. The minimum atomic E-state index is 0.573. The molecule has 0 aromatic heterocycles. The van der Waals surface area contributed by atoms with Gasteiger partial charge < -0.3 is 0 Å². The van der Waals surface area contributed by atoms with E-state index in [1.807, 2.05) is 0 Å². The van der Waals surface area contributed by atoms with Crippen LogP contribution in [0.5, 0.6) is 0 Å². The zero-order valence-electron chi connectivity index (χ0n) is 14.7. The van der Waals surface area contributed by atoms with Gasteiger partial charge in [0.2, 0.25) is 0 Å². The lowest BCUT2D eigenvalue weighted by atomic mass is 9.96. The molecule has 0 aliphatic heterocycles. The average molecular weight is 322 g/mol. The first-order valence-electron chi connectivity index (χ1n) is 8.90.